The number of carbonyl (C=O) groups excluding carboxylic acids is 2. The van der Waals surface area contributed by atoms with Crippen LogP contribution in [0.3, 0.4) is 0 Å². The molecule has 2 rings (SSSR count). The molecule has 0 spiro atoms. The van der Waals surface area contributed by atoms with Crippen molar-refractivity contribution in [2.45, 2.75) is 0 Å². The molecule has 2 heterocycles. The van der Waals surface area contributed by atoms with E-state index in [1.54, 1.807) is 17.0 Å². The Morgan fingerprint density at radius 1 is 1.29 bits per heavy atom. The van der Waals surface area contributed by atoms with E-state index in [0.717, 1.165) is 11.3 Å². The predicted octanol–water partition coefficient (Wildman–Crippen LogP) is -0.176. The number of hydrazine groups is 1. The molecular weight excluding hydrogens is 242 g/mol. The standard InChI is InChI=1S/C10H13N3O3S/c11-12-9(14)7-1-2-8(17-7)10(15)13-3-5-16-6-4-13/h1-2H,3-6,11H2,(H,12,14). The van der Waals surface area contributed by atoms with Crippen molar-refractivity contribution in [3.05, 3.63) is 21.9 Å². The number of amides is 2. The molecule has 1 saturated heterocycles. The molecule has 0 aliphatic carbocycles. The van der Waals surface area contributed by atoms with Gasteiger partial charge in [-0.2, -0.15) is 0 Å². The lowest BCUT2D eigenvalue weighted by atomic mass is 10.3. The maximum absolute atomic E-state index is 12.0. The molecule has 92 valence electrons. The molecule has 0 radical (unpaired) electrons. The second-order valence-corrected chi connectivity index (χ2v) is 4.63. The summed E-state index contributed by atoms with van der Waals surface area (Å²) in [7, 11) is 0. The van der Waals surface area contributed by atoms with Gasteiger partial charge < -0.3 is 9.64 Å². The summed E-state index contributed by atoms with van der Waals surface area (Å²) in [5.74, 6) is 4.59. The molecule has 17 heavy (non-hydrogen) atoms. The molecule has 0 bridgehead atoms. The smallest absolute Gasteiger partial charge is 0.275 e. The van der Waals surface area contributed by atoms with E-state index in [1.165, 1.54) is 0 Å². The molecule has 2 amide bonds. The van der Waals surface area contributed by atoms with Gasteiger partial charge in [0.15, 0.2) is 0 Å². The van der Waals surface area contributed by atoms with Crippen LogP contribution in [-0.2, 0) is 4.74 Å². The van der Waals surface area contributed by atoms with Gasteiger partial charge in [0.1, 0.15) is 0 Å². The lowest BCUT2D eigenvalue weighted by Gasteiger charge is -2.26. The van der Waals surface area contributed by atoms with Crippen LogP contribution in [0.2, 0.25) is 0 Å². The Hall–Kier alpha value is -1.44. The Balaban J connectivity index is 2.08. The van der Waals surface area contributed by atoms with E-state index >= 15 is 0 Å². The highest BCUT2D eigenvalue weighted by Crippen LogP contribution is 2.18. The maximum atomic E-state index is 12.0. The molecule has 0 unspecified atom stereocenters. The average molecular weight is 255 g/mol. The van der Waals surface area contributed by atoms with Crippen molar-refractivity contribution in [3.8, 4) is 0 Å². The number of hydrogen-bond donors (Lipinski definition) is 2. The number of carbonyl (C=O) groups is 2. The van der Waals surface area contributed by atoms with Crippen molar-refractivity contribution in [2.75, 3.05) is 26.3 Å². The first-order valence-corrected chi connectivity index (χ1v) is 6.02. The number of hydrogen-bond acceptors (Lipinski definition) is 5. The number of nitrogens with one attached hydrogen (secondary N) is 1. The fourth-order valence-corrected chi connectivity index (χ4v) is 2.45. The minimum absolute atomic E-state index is 0.0608. The molecule has 1 aliphatic rings. The Morgan fingerprint density at radius 2 is 1.94 bits per heavy atom. The second-order valence-electron chi connectivity index (χ2n) is 3.54. The average Bonchev–Trinajstić information content (AvgIpc) is 2.87. The molecule has 3 N–H and O–H groups in total. The van der Waals surface area contributed by atoms with Crippen LogP contribution in [0.25, 0.3) is 0 Å². The lowest BCUT2D eigenvalue weighted by Crippen LogP contribution is -2.40. The van der Waals surface area contributed by atoms with Crippen LogP contribution >= 0.6 is 11.3 Å². The largest absolute Gasteiger partial charge is 0.378 e. The number of nitrogen functional groups attached to an aromatic ring is 1. The molecule has 7 heteroatoms. The highest BCUT2D eigenvalue weighted by atomic mass is 32.1. The van der Waals surface area contributed by atoms with Crippen LogP contribution in [0.1, 0.15) is 19.3 Å². The molecule has 1 aromatic rings. The van der Waals surface area contributed by atoms with Gasteiger partial charge in [-0.1, -0.05) is 0 Å². The molecule has 1 aliphatic heterocycles. The van der Waals surface area contributed by atoms with Crippen molar-refractivity contribution < 1.29 is 14.3 Å². The molecule has 1 fully saturated rings. The van der Waals surface area contributed by atoms with Crippen LogP contribution in [0.15, 0.2) is 12.1 Å². The van der Waals surface area contributed by atoms with E-state index in [9.17, 15) is 9.59 Å². The van der Waals surface area contributed by atoms with E-state index in [2.05, 4.69) is 0 Å². The van der Waals surface area contributed by atoms with Crippen LogP contribution in [0.5, 0.6) is 0 Å². The first-order chi connectivity index (χ1) is 8.22. The first kappa shape index (κ1) is 12.0. The van der Waals surface area contributed by atoms with E-state index in [0.29, 0.717) is 36.1 Å². The quantitative estimate of drug-likeness (QED) is 0.436. The van der Waals surface area contributed by atoms with Gasteiger partial charge in [0.25, 0.3) is 11.8 Å². The summed E-state index contributed by atoms with van der Waals surface area (Å²) in [4.78, 5) is 26.0. The molecule has 0 saturated carbocycles. The zero-order chi connectivity index (χ0) is 12.3. The summed E-state index contributed by atoms with van der Waals surface area (Å²) in [6.07, 6.45) is 0. The third kappa shape index (κ3) is 2.63. The fraction of sp³-hybridized carbons (Fsp3) is 0.400. The van der Waals surface area contributed by atoms with Gasteiger partial charge in [-0.05, 0) is 12.1 Å². The normalized spacial score (nSPS) is 15.7. The van der Waals surface area contributed by atoms with E-state index < -0.39 is 0 Å². The Morgan fingerprint density at radius 3 is 2.59 bits per heavy atom. The van der Waals surface area contributed by atoms with Gasteiger partial charge in [0.2, 0.25) is 0 Å². The zero-order valence-electron chi connectivity index (χ0n) is 9.14. The summed E-state index contributed by atoms with van der Waals surface area (Å²) in [5.41, 5.74) is 2.04. The van der Waals surface area contributed by atoms with Crippen LogP contribution in [-0.4, -0.2) is 43.0 Å². The van der Waals surface area contributed by atoms with Crippen LogP contribution in [0, 0.1) is 0 Å². The summed E-state index contributed by atoms with van der Waals surface area (Å²) < 4.78 is 5.18. The van der Waals surface area contributed by atoms with Crippen LogP contribution < -0.4 is 11.3 Å². The number of nitrogens with zero attached hydrogens (tertiary/aromatic N) is 1. The highest BCUT2D eigenvalue weighted by molar-refractivity contribution is 7.15. The van der Waals surface area contributed by atoms with Gasteiger partial charge in [-0.25, -0.2) is 5.84 Å². The molecule has 1 aromatic heterocycles. The molecular formula is C10H13N3O3S. The van der Waals surface area contributed by atoms with Gasteiger partial charge in [0.05, 0.1) is 23.0 Å². The Labute approximate surface area is 102 Å². The van der Waals surface area contributed by atoms with Gasteiger partial charge in [0, 0.05) is 13.1 Å². The zero-order valence-corrected chi connectivity index (χ0v) is 9.96. The SMILES string of the molecule is NNC(=O)c1ccc(C(=O)N2CCOCC2)s1. The van der Waals surface area contributed by atoms with Crippen molar-refractivity contribution in [3.63, 3.8) is 0 Å². The summed E-state index contributed by atoms with van der Waals surface area (Å²) in [6, 6.07) is 3.24. The Kier molecular flexibility index (Phi) is 3.72. The summed E-state index contributed by atoms with van der Waals surface area (Å²) in [5, 5.41) is 0. The third-order valence-electron chi connectivity index (χ3n) is 2.47. The van der Waals surface area contributed by atoms with Crippen molar-refractivity contribution >= 4 is 23.2 Å². The monoisotopic (exact) mass is 255 g/mol. The molecule has 6 nitrogen and oxygen atoms in total. The van der Waals surface area contributed by atoms with Gasteiger partial charge in [-0.15, -0.1) is 11.3 Å². The second kappa shape index (κ2) is 5.26. The summed E-state index contributed by atoms with van der Waals surface area (Å²) in [6.45, 7) is 2.31. The third-order valence-corrected chi connectivity index (χ3v) is 3.54. The van der Waals surface area contributed by atoms with Gasteiger partial charge >= 0.3 is 0 Å². The first-order valence-electron chi connectivity index (χ1n) is 5.20. The van der Waals surface area contributed by atoms with Crippen molar-refractivity contribution in [1.29, 1.82) is 0 Å². The topological polar surface area (TPSA) is 84.7 Å². The van der Waals surface area contributed by atoms with Crippen LogP contribution in [0.4, 0.5) is 0 Å². The predicted molar refractivity (Wildman–Crippen MR) is 62.7 cm³/mol. The minimum atomic E-state index is -0.379. The van der Waals surface area contributed by atoms with Gasteiger partial charge in [-0.3, -0.25) is 15.0 Å². The Bertz CT molecular complexity index is 426. The number of morpholine rings is 1. The fourth-order valence-electron chi connectivity index (χ4n) is 1.57. The van der Waals surface area contributed by atoms with Crippen molar-refractivity contribution in [2.24, 2.45) is 5.84 Å². The van der Waals surface area contributed by atoms with E-state index in [-0.39, 0.29) is 11.8 Å². The number of nitrogens with two attached hydrogens (primary N) is 1. The maximum Gasteiger partial charge on any atom is 0.275 e. The number of rotatable bonds is 2. The molecule has 0 aromatic carbocycles. The highest BCUT2D eigenvalue weighted by Gasteiger charge is 2.20. The van der Waals surface area contributed by atoms with Crippen molar-refractivity contribution in [1.82, 2.24) is 10.3 Å². The number of thiophene rings is 1. The molecule has 0 atom stereocenters. The lowest BCUT2D eigenvalue weighted by molar-refractivity contribution is 0.0306. The number of ether oxygens (including phenoxy) is 1. The summed E-state index contributed by atoms with van der Waals surface area (Å²) >= 11 is 1.14. The minimum Gasteiger partial charge on any atom is -0.378 e. The van der Waals surface area contributed by atoms with E-state index in [4.69, 9.17) is 10.6 Å². The van der Waals surface area contributed by atoms with E-state index in [1.807, 2.05) is 5.43 Å².